The fourth-order valence-electron chi connectivity index (χ4n) is 6.76. The molecule has 10 nitrogen and oxygen atoms in total. The quantitative estimate of drug-likeness (QED) is 0.422. The van der Waals surface area contributed by atoms with Crippen LogP contribution in [-0.2, 0) is 14.8 Å². The Morgan fingerprint density at radius 1 is 1.24 bits per heavy atom. The molecule has 2 atom stereocenters. The van der Waals surface area contributed by atoms with E-state index in [9.17, 15) is 18.0 Å². The molecule has 4 fully saturated rings. The van der Waals surface area contributed by atoms with Crippen LogP contribution in [0.4, 0.5) is 0 Å². The minimum absolute atomic E-state index is 0.00549. The minimum Gasteiger partial charge on any atom is -0.477 e. The lowest BCUT2D eigenvalue weighted by molar-refractivity contribution is -0.120. The van der Waals surface area contributed by atoms with Gasteiger partial charge in [0.15, 0.2) is 0 Å². The fraction of sp³-hybridized carbons (Fsp3) is 0.731. The minimum atomic E-state index is -3.30. The maximum absolute atomic E-state index is 13.5. The molecule has 4 aliphatic carbocycles. The van der Waals surface area contributed by atoms with E-state index in [1.54, 1.807) is 12.3 Å². The Hall–Kier alpha value is -2.40. The van der Waals surface area contributed by atoms with Crippen molar-refractivity contribution >= 4 is 28.0 Å². The number of carbonyl (C=O) groups is 2. The molecule has 1 heterocycles. The van der Waals surface area contributed by atoms with E-state index >= 15 is 0 Å². The van der Waals surface area contributed by atoms with Gasteiger partial charge in [0.05, 0.1) is 24.6 Å². The second-order valence-electron chi connectivity index (χ2n) is 12.4. The van der Waals surface area contributed by atoms with Gasteiger partial charge in [-0.3, -0.25) is 9.59 Å². The first-order chi connectivity index (χ1) is 17.2. The molecule has 1 aromatic rings. The summed E-state index contributed by atoms with van der Waals surface area (Å²) in [6.07, 6.45) is 10.6. The van der Waals surface area contributed by atoms with Crippen LogP contribution >= 0.6 is 0 Å². The number of ether oxygens (including phenoxy) is 1. The lowest BCUT2D eigenvalue weighted by Crippen LogP contribution is -2.66. The Morgan fingerprint density at radius 3 is 2.46 bits per heavy atom. The van der Waals surface area contributed by atoms with Crippen molar-refractivity contribution in [3.05, 3.63) is 17.8 Å². The average Bonchev–Trinajstić information content (AvgIpc) is 3.13. The van der Waals surface area contributed by atoms with Gasteiger partial charge in [0.25, 0.3) is 5.91 Å². The highest BCUT2D eigenvalue weighted by molar-refractivity contribution is 7.88. The SMILES string of the molecule is CC(=O)NC(C)(C)/C=C/n1ncc(C(=O)NC2C3CC4CC2CC(NS(C)(=O)=O)(C4)C3)c1OCC(C)C. The number of carbonyl (C=O) groups excluding carboxylic acids is 2. The molecule has 4 aliphatic rings. The van der Waals surface area contributed by atoms with E-state index in [1.165, 1.54) is 24.1 Å². The second-order valence-corrected chi connectivity index (χ2v) is 14.1. The fourth-order valence-corrected chi connectivity index (χ4v) is 7.80. The van der Waals surface area contributed by atoms with E-state index in [4.69, 9.17) is 4.74 Å². The predicted molar refractivity (Wildman–Crippen MR) is 141 cm³/mol. The molecular weight excluding hydrogens is 494 g/mol. The molecule has 2 unspecified atom stereocenters. The van der Waals surface area contributed by atoms with Crippen molar-refractivity contribution < 1.29 is 22.7 Å². The van der Waals surface area contributed by atoms with Crippen molar-refractivity contribution in [3.8, 4) is 5.88 Å². The summed E-state index contributed by atoms with van der Waals surface area (Å²) >= 11 is 0. The number of amides is 2. The van der Waals surface area contributed by atoms with Crippen LogP contribution in [0, 0.1) is 23.7 Å². The van der Waals surface area contributed by atoms with Crippen molar-refractivity contribution in [2.24, 2.45) is 23.7 Å². The van der Waals surface area contributed by atoms with Gasteiger partial charge in [0, 0.05) is 24.7 Å². The summed E-state index contributed by atoms with van der Waals surface area (Å²) in [5, 5.41) is 10.5. The smallest absolute Gasteiger partial charge is 0.258 e. The first kappa shape index (κ1) is 27.6. The third kappa shape index (κ3) is 6.54. The molecule has 0 saturated heterocycles. The summed E-state index contributed by atoms with van der Waals surface area (Å²) in [6.45, 7) is 9.69. The van der Waals surface area contributed by atoms with Gasteiger partial charge in [-0.25, -0.2) is 17.8 Å². The summed E-state index contributed by atoms with van der Waals surface area (Å²) in [7, 11) is -3.30. The Bertz CT molecular complexity index is 1160. The highest BCUT2D eigenvalue weighted by Gasteiger charge is 2.56. The number of nitrogens with one attached hydrogen (secondary N) is 3. The largest absolute Gasteiger partial charge is 0.477 e. The number of aromatic nitrogens is 2. The zero-order valence-corrected chi connectivity index (χ0v) is 23.5. The monoisotopic (exact) mass is 535 g/mol. The van der Waals surface area contributed by atoms with Gasteiger partial charge in [-0.15, -0.1) is 0 Å². The van der Waals surface area contributed by atoms with Crippen molar-refractivity contribution in [1.29, 1.82) is 0 Å². The third-order valence-corrected chi connectivity index (χ3v) is 8.45. The summed E-state index contributed by atoms with van der Waals surface area (Å²) < 4.78 is 34.6. The lowest BCUT2D eigenvalue weighted by atomic mass is 9.51. The number of rotatable bonds is 10. The van der Waals surface area contributed by atoms with Crippen molar-refractivity contribution in [2.45, 2.75) is 83.8 Å². The maximum Gasteiger partial charge on any atom is 0.258 e. The second kappa shape index (κ2) is 10.1. The molecule has 0 radical (unpaired) electrons. The van der Waals surface area contributed by atoms with E-state index in [0.717, 1.165) is 32.1 Å². The van der Waals surface area contributed by atoms with E-state index in [1.807, 2.05) is 27.7 Å². The Labute approximate surface area is 220 Å². The number of sulfonamides is 1. The van der Waals surface area contributed by atoms with Gasteiger partial charge in [-0.2, -0.15) is 5.10 Å². The van der Waals surface area contributed by atoms with Gasteiger partial charge in [-0.05, 0) is 75.7 Å². The molecule has 2 amide bonds. The summed E-state index contributed by atoms with van der Waals surface area (Å²) in [4.78, 5) is 25.0. The Balaban J connectivity index is 1.53. The van der Waals surface area contributed by atoms with Crippen LogP contribution in [-0.4, -0.2) is 60.0 Å². The van der Waals surface area contributed by atoms with Crippen LogP contribution < -0.4 is 20.1 Å². The molecule has 206 valence electrons. The van der Waals surface area contributed by atoms with Gasteiger partial charge >= 0.3 is 0 Å². The number of hydrogen-bond donors (Lipinski definition) is 3. The first-order valence-electron chi connectivity index (χ1n) is 13.1. The van der Waals surface area contributed by atoms with Gasteiger partial charge in [0.2, 0.25) is 21.8 Å². The number of nitrogens with zero attached hydrogens (tertiary/aromatic N) is 2. The van der Waals surface area contributed by atoms with E-state index < -0.39 is 15.6 Å². The third-order valence-electron chi connectivity index (χ3n) is 7.65. The Morgan fingerprint density at radius 2 is 1.89 bits per heavy atom. The lowest BCUT2D eigenvalue weighted by Gasteiger charge is -2.59. The van der Waals surface area contributed by atoms with Gasteiger partial charge in [-0.1, -0.05) is 13.8 Å². The van der Waals surface area contributed by atoms with Gasteiger partial charge < -0.3 is 15.4 Å². The number of hydrogen-bond acceptors (Lipinski definition) is 6. The van der Waals surface area contributed by atoms with Crippen molar-refractivity contribution in [1.82, 2.24) is 25.1 Å². The molecule has 3 N–H and O–H groups in total. The highest BCUT2D eigenvalue weighted by atomic mass is 32.2. The highest BCUT2D eigenvalue weighted by Crippen LogP contribution is 2.56. The van der Waals surface area contributed by atoms with E-state index in [2.05, 4.69) is 20.5 Å². The molecule has 4 saturated carbocycles. The van der Waals surface area contributed by atoms with Crippen LogP contribution in [0.15, 0.2) is 12.3 Å². The van der Waals surface area contributed by atoms with Crippen LogP contribution in [0.2, 0.25) is 0 Å². The standard InChI is InChI=1S/C26H41N5O5S/c1-16(2)15-36-24-21(14-27-31(24)8-7-25(4,5)29-17(3)32)23(33)28-22-19-9-18-10-20(22)13-26(11-18,12-19)30-37(6,34)35/h7-8,14,16,18-20,22,30H,9-13,15H2,1-6H3,(H,28,33)(H,29,32)/b8-7+. The predicted octanol–water partition coefficient (Wildman–Crippen LogP) is 2.53. The summed E-state index contributed by atoms with van der Waals surface area (Å²) in [5.41, 5.74) is -0.626. The summed E-state index contributed by atoms with van der Waals surface area (Å²) in [6, 6.07) is -0.00549. The van der Waals surface area contributed by atoms with Crippen LogP contribution in [0.5, 0.6) is 5.88 Å². The molecule has 4 bridgehead atoms. The topological polar surface area (TPSA) is 131 Å². The molecule has 37 heavy (non-hydrogen) atoms. The molecular formula is C26H41N5O5S. The maximum atomic E-state index is 13.5. The molecule has 0 spiro atoms. The van der Waals surface area contributed by atoms with E-state index in [0.29, 0.717) is 24.0 Å². The van der Waals surface area contributed by atoms with E-state index in [-0.39, 0.29) is 41.1 Å². The molecule has 5 rings (SSSR count). The zero-order chi connectivity index (χ0) is 27.2. The van der Waals surface area contributed by atoms with Crippen LogP contribution in [0.3, 0.4) is 0 Å². The molecule has 0 aromatic carbocycles. The summed E-state index contributed by atoms with van der Waals surface area (Å²) in [5.74, 6) is 1.19. The van der Waals surface area contributed by atoms with Crippen molar-refractivity contribution in [3.63, 3.8) is 0 Å². The van der Waals surface area contributed by atoms with Crippen LogP contribution in [0.1, 0.15) is 77.1 Å². The zero-order valence-electron chi connectivity index (χ0n) is 22.7. The first-order valence-corrected chi connectivity index (χ1v) is 15.0. The Kier molecular flexibility index (Phi) is 7.51. The molecule has 0 aliphatic heterocycles. The van der Waals surface area contributed by atoms with Crippen LogP contribution in [0.25, 0.3) is 6.20 Å². The van der Waals surface area contributed by atoms with Crippen molar-refractivity contribution in [2.75, 3.05) is 12.9 Å². The molecule has 11 heteroatoms. The molecule has 1 aromatic heterocycles. The van der Waals surface area contributed by atoms with Gasteiger partial charge in [0.1, 0.15) is 5.56 Å². The normalized spacial score (nSPS) is 29.2. The average molecular weight is 536 g/mol.